The molecule has 4 heteroatoms. The van der Waals surface area contributed by atoms with E-state index in [0.29, 0.717) is 18.0 Å². The fraction of sp³-hybridized carbons (Fsp3) is 0.364. The summed E-state index contributed by atoms with van der Waals surface area (Å²) < 4.78 is 0.855. The third kappa shape index (κ3) is 3.50. The van der Waals surface area contributed by atoms with Gasteiger partial charge in [0.25, 0.3) is 5.91 Å². The Morgan fingerprint density at radius 2 is 2.27 bits per heavy atom. The predicted molar refractivity (Wildman–Crippen MR) is 66.5 cm³/mol. The Morgan fingerprint density at radius 3 is 2.93 bits per heavy atom. The van der Waals surface area contributed by atoms with Crippen molar-refractivity contribution in [3.05, 3.63) is 33.8 Å². The molecule has 0 atom stereocenters. The van der Waals surface area contributed by atoms with Gasteiger partial charge in [0.15, 0.2) is 0 Å². The molecule has 0 aliphatic heterocycles. The van der Waals surface area contributed by atoms with Gasteiger partial charge in [0.1, 0.15) is 0 Å². The molecule has 0 aliphatic carbocycles. The maximum atomic E-state index is 11.7. The fourth-order valence-electron chi connectivity index (χ4n) is 1.19. The summed E-state index contributed by atoms with van der Waals surface area (Å²) in [7, 11) is 0. The van der Waals surface area contributed by atoms with Gasteiger partial charge in [0.05, 0.1) is 5.56 Å². The van der Waals surface area contributed by atoms with E-state index in [9.17, 15) is 4.79 Å². The molecule has 0 unspecified atom stereocenters. The maximum absolute atomic E-state index is 11.7. The average molecular weight is 291 g/mol. The zero-order valence-electron chi connectivity index (χ0n) is 8.52. The lowest BCUT2D eigenvalue weighted by molar-refractivity contribution is 0.0953. The molecule has 1 aromatic rings. The highest BCUT2D eigenvalue weighted by Gasteiger charge is 2.09. The Hall–Kier alpha value is -0.540. The smallest absolute Gasteiger partial charge is 0.252 e. The Balaban J connectivity index is 2.69. The number of benzene rings is 1. The molecular weight excluding hydrogens is 277 g/mol. The van der Waals surface area contributed by atoms with E-state index in [0.717, 1.165) is 16.5 Å². The number of alkyl halides is 1. The molecule has 15 heavy (non-hydrogen) atoms. The lowest BCUT2D eigenvalue weighted by Crippen LogP contribution is -2.25. The SMILES string of the molecule is Cc1cccc(C(=O)NCCCCl)c1Br. The van der Waals surface area contributed by atoms with E-state index in [4.69, 9.17) is 11.6 Å². The minimum absolute atomic E-state index is 0.0595. The van der Waals surface area contributed by atoms with E-state index in [-0.39, 0.29) is 5.91 Å². The van der Waals surface area contributed by atoms with Crippen LogP contribution in [0.1, 0.15) is 22.3 Å². The van der Waals surface area contributed by atoms with Gasteiger partial charge in [-0.15, -0.1) is 11.6 Å². The molecule has 0 fully saturated rings. The molecule has 2 nitrogen and oxygen atoms in total. The summed E-state index contributed by atoms with van der Waals surface area (Å²) in [6.07, 6.45) is 0.788. The largest absolute Gasteiger partial charge is 0.352 e. The number of aryl methyl sites for hydroxylation is 1. The van der Waals surface area contributed by atoms with Crippen molar-refractivity contribution in [2.45, 2.75) is 13.3 Å². The van der Waals surface area contributed by atoms with Gasteiger partial charge in [-0.3, -0.25) is 4.79 Å². The van der Waals surface area contributed by atoms with E-state index in [1.54, 1.807) is 6.07 Å². The van der Waals surface area contributed by atoms with Gasteiger partial charge in [0.2, 0.25) is 0 Å². The van der Waals surface area contributed by atoms with Crippen molar-refractivity contribution in [3.8, 4) is 0 Å². The zero-order valence-corrected chi connectivity index (χ0v) is 10.9. The fourth-order valence-corrected chi connectivity index (χ4v) is 1.76. The second-order valence-corrected chi connectivity index (χ2v) is 4.41. The van der Waals surface area contributed by atoms with E-state index in [1.807, 2.05) is 19.1 Å². The predicted octanol–water partition coefficient (Wildman–Crippen LogP) is 3.12. The van der Waals surface area contributed by atoms with Crippen LogP contribution in [0.3, 0.4) is 0 Å². The standard InChI is InChI=1S/C11H13BrClNO/c1-8-4-2-5-9(10(8)12)11(15)14-7-3-6-13/h2,4-5H,3,6-7H2,1H3,(H,14,15). The lowest BCUT2D eigenvalue weighted by Gasteiger charge is -2.07. The number of carbonyl (C=O) groups is 1. The van der Waals surface area contributed by atoms with Crippen LogP contribution in [0.2, 0.25) is 0 Å². The minimum Gasteiger partial charge on any atom is -0.352 e. The van der Waals surface area contributed by atoms with Crippen molar-refractivity contribution in [2.24, 2.45) is 0 Å². The van der Waals surface area contributed by atoms with Crippen molar-refractivity contribution in [3.63, 3.8) is 0 Å². The highest BCUT2D eigenvalue weighted by Crippen LogP contribution is 2.20. The number of amides is 1. The van der Waals surface area contributed by atoms with Crippen molar-refractivity contribution < 1.29 is 4.79 Å². The minimum atomic E-state index is -0.0595. The first-order valence-electron chi connectivity index (χ1n) is 4.76. The molecule has 1 rings (SSSR count). The lowest BCUT2D eigenvalue weighted by atomic mass is 10.1. The quantitative estimate of drug-likeness (QED) is 0.670. The van der Waals surface area contributed by atoms with E-state index in [2.05, 4.69) is 21.2 Å². The van der Waals surface area contributed by atoms with Gasteiger partial charge >= 0.3 is 0 Å². The first-order chi connectivity index (χ1) is 7.16. The van der Waals surface area contributed by atoms with Crippen LogP contribution in [0.5, 0.6) is 0 Å². The van der Waals surface area contributed by atoms with Crippen molar-refractivity contribution in [1.82, 2.24) is 5.32 Å². The monoisotopic (exact) mass is 289 g/mol. The van der Waals surface area contributed by atoms with Crippen LogP contribution in [0.15, 0.2) is 22.7 Å². The van der Waals surface area contributed by atoms with Crippen LogP contribution in [0.25, 0.3) is 0 Å². The van der Waals surface area contributed by atoms with E-state index in [1.165, 1.54) is 0 Å². The first-order valence-corrected chi connectivity index (χ1v) is 6.09. The molecule has 0 saturated carbocycles. The summed E-state index contributed by atoms with van der Waals surface area (Å²) in [5, 5.41) is 2.81. The molecule has 1 N–H and O–H groups in total. The topological polar surface area (TPSA) is 29.1 Å². The van der Waals surface area contributed by atoms with Crippen molar-refractivity contribution >= 4 is 33.4 Å². The van der Waals surface area contributed by atoms with Gasteiger partial charge in [-0.1, -0.05) is 12.1 Å². The zero-order chi connectivity index (χ0) is 11.3. The number of carbonyl (C=O) groups excluding carboxylic acids is 1. The van der Waals surface area contributed by atoms with Gasteiger partial charge in [0, 0.05) is 16.9 Å². The number of hydrogen-bond donors (Lipinski definition) is 1. The molecule has 82 valence electrons. The Morgan fingerprint density at radius 1 is 1.53 bits per heavy atom. The van der Waals surface area contributed by atoms with Crippen LogP contribution in [-0.2, 0) is 0 Å². The first kappa shape index (κ1) is 12.5. The highest BCUT2D eigenvalue weighted by atomic mass is 79.9. The summed E-state index contributed by atoms with van der Waals surface area (Å²) in [5.74, 6) is 0.505. The van der Waals surface area contributed by atoms with Crippen LogP contribution in [-0.4, -0.2) is 18.3 Å². The Bertz CT molecular complexity index is 354. The molecule has 0 spiro atoms. The number of nitrogens with one attached hydrogen (secondary N) is 1. The van der Waals surface area contributed by atoms with Crippen LogP contribution >= 0.6 is 27.5 Å². The van der Waals surface area contributed by atoms with Crippen LogP contribution in [0.4, 0.5) is 0 Å². The molecule has 0 saturated heterocycles. The van der Waals surface area contributed by atoms with Crippen LogP contribution in [0, 0.1) is 6.92 Å². The summed E-state index contributed by atoms with van der Waals surface area (Å²) in [6, 6.07) is 5.63. The van der Waals surface area contributed by atoms with Crippen LogP contribution < -0.4 is 5.32 Å². The van der Waals surface area contributed by atoms with Gasteiger partial charge < -0.3 is 5.32 Å². The molecule has 0 aromatic heterocycles. The second kappa shape index (κ2) is 6.13. The number of rotatable bonds is 4. The molecule has 1 aromatic carbocycles. The Labute approximate surface area is 103 Å². The summed E-state index contributed by atoms with van der Waals surface area (Å²) in [4.78, 5) is 11.7. The van der Waals surface area contributed by atoms with E-state index < -0.39 is 0 Å². The molecule has 0 heterocycles. The normalized spacial score (nSPS) is 10.1. The second-order valence-electron chi connectivity index (χ2n) is 3.23. The van der Waals surface area contributed by atoms with Gasteiger partial charge in [-0.05, 0) is 40.9 Å². The third-order valence-corrected chi connectivity index (χ3v) is 3.35. The summed E-state index contributed by atoms with van der Waals surface area (Å²) in [6.45, 7) is 2.57. The summed E-state index contributed by atoms with van der Waals surface area (Å²) >= 11 is 8.93. The van der Waals surface area contributed by atoms with Crippen molar-refractivity contribution in [2.75, 3.05) is 12.4 Å². The summed E-state index contributed by atoms with van der Waals surface area (Å²) in [5.41, 5.74) is 1.73. The molecule has 0 radical (unpaired) electrons. The molecule has 0 bridgehead atoms. The average Bonchev–Trinajstić information content (AvgIpc) is 2.22. The van der Waals surface area contributed by atoms with Gasteiger partial charge in [-0.25, -0.2) is 0 Å². The maximum Gasteiger partial charge on any atom is 0.252 e. The van der Waals surface area contributed by atoms with E-state index >= 15 is 0 Å². The molecular formula is C11H13BrClNO. The molecule has 1 amide bonds. The number of hydrogen-bond acceptors (Lipinski definition) is 1. The Kier molecular flexibility index (Phi) is 5.12. The van der Waals surface area contributed by atoms with Crippen molar-refractivity contribution in [1.29, 1.82) is 0 Å². The van der Waals surface area contributed by atoms with Gasteiger partial charge in [-0.2, -0.15) is 0 Å². The third-order valence-electron chi connectivity index (χ3n) is 2.03. The number of halogens is 2. The highest BCUT2D eigenvalue weighted by molar-refractivity contribution is 9.10. The molecule has 0 aliphatic rings.